The number of benzene rings is 3. The molecule has 1 aromatic heterocycles. The number of aryl methyl sites for hydroxylation is 2. The monoisotopic (exact) mass is 591 g/mol. The molecular formula is C37H45N3O2Si. The van der Waals surface area contributed by atoms with Crippen LogP contribution in [0.25, 0.3) is 11.1 Å². The van der Waals surface area contributed by atoms with E-state index in [1.165, 1.54) is 0 Å². The molecule has 0 saturated heterocycles. The first-order chi connectivity index (χ1) is 20.5. The van der Waals surface area contributed by atoms with Crippen molar-refractivity contribution in [2.24, 2.45) is 0 Å². The summed E-state index contributed by atoms with van der Waals surface area (Å²) in [6, 6.07) is 28.5. The Labute approximate surface area is 258 Å². The van der Waals surface area contributed by atoms with Crippen LogP contribution in [0, 0.1) is 18.3 Å². The van der Waals surface area contributed by atoms with Gasteiger partial charge in [0, 0.05) is 12.0 Å². The van der Waals surface area contributed by atoms with Crippen molar-refractivity contribution in [2.45, 2.75) is 91.1 Å². The summed E-state index contributed by atoms with van der Waals surface area (Å²) in [5.74, 6) is 0.693. The lowest BCUT2D eigenvalue weighted by Gasteiger charge is -2.39. The molecule has 6 heteroatoms. The molecule has 224 valence electrons. The number of unbranched alkanes of at least 4 members (excludes halogenated alkanes) is 1. The van der Waals surface area contributed by atoms with Gasteiger partial charge in [-0.15, -0.1) is 0 Å². The predicted molar refractivity (Wildman–Crippen MR) is 179 cm³/mol. The molecule has 0 bridgehead atoms. The molecule has 0 aliphatic carbocycles. The zero-order chi connectivity index (χ0) is 31.2. The summed E-state index contributed by atoms with van der Waals surface area (Å²) in [5, 5.41) is 10.3. The fourth-order valence-corrected chi connectivity index (χ4v) is 6.48. The van der Waals surface area contributed by atoms with Crippen LogP contribution < -0.4 is 5.56 Å². The van der Waals surface area contributed by atoms with Gasteiger partial charge < -0.3 is 4.43 Å². The topological polar surface area (TPSA) is 67.9 Å². The Hall–Kier alpha value is -3.79. The van der Waals surface area contributed by atoms with Gasteiger partial charge in [-0.1, -0.05) is 113 Å². The zero-order valence-electron chi connectivity index (χ0n) is 26.8. The lowest BCUT2D eigenvalue weighted by Crippen LogP contribution is -2.43. The number of nitrogens with zero attached hydrogens (tertiary/aromatic N) is 3. The first-order valence-electron chi connectivity index (χ1n) is 15.4. The zero-order valence-corrected chi connectivity index (χ0v) is 27.8. The maximum Gasteiger partial charge on any atom is 0.257 e. The summed E-state index contributed by atoms with van der Waals surface area (Å²) in [5.41, 5.74) is 5.81. The minimum absolute atomic E-state index is 0.0188. The van der Waals surface area contributed by atoms with E-state index in [1.807, 2.05) is 73.7 Å². The Morgan fingerprint density at radius 2 is 1.63 bits per heavy atom. The maximum absolute atomic E-state index is 14.5. The third kappa shape index (κ3) is 7.41. The van der Waals surface area contributed by atoms with Crippen LogP contribution in [-0.2, 0) is 23.8 Å². The fourth-order valence-electron chi connectivity index (χ4n) is 5.20. The molecule has 1 atom stereocenters. The number of nitriles is 1. The molecule has 0 fully saturated rings. The van der Waals surface area contributed by atoms with Gasteiger partial charge in [0.2, 0.25) is 0 Å². The van der Waals surface area contributed by atoms with Crippen molar-refractivity contribution >= 4 is 8.32 Å². The molecule has 0 N–H and O–H groups in total. The molecule has 0 aliphatic heterocycles. The molecule has 0 amide bonds. The number of hydrogen-bond donors (Lipinski definition) is 0. The fraction of sp³-hybridized carbons (Fsp3) is 0.378. The second kappa shape index (κ2) is 13.7. The summed E-state index contributed by atoms with van der Waals surface area (Å²) < 4.78 is 8.76. The van der Waals surface area contributed by atoms with Crippen molar-refractivity contribution in [1.82, 2.24) is 9.55 Å². The van der Waals surface area contributed by atoms with Crippen LogP contribution in [-0.4, -0.2) is 17.9 Å². The Morgan fingerprint density at radius 3 is 2.23 bits per heavy atom. The summed E-state index contributed by atoms with van der Waals surface area (Å²) in [7, 11) is -2.17. The van der Waals surface area contributed by atoms with Crippen LogP contribution in [0.2, 0.25) is 18.1 Å². The van der Waals surface area contributed by atoms with Crippen LogP contribution in [0.5, 0.6) is 0 Å². The van der Waals surface area contributed by atoms with Crippen LogP contribution >= 0.6 is 0 Å². The highest BCUT2D eigenvalue weighted by Gasteiger charge is 2.39. The maximum atomic E-state index is 14.5. The number of aromatic nitrogens is 2. The number of rotatable bonds is 11. The van der Waals surface area contributed by atoms with Crippen molar-refractivity contribution in [3.05, 3.63) is 123 Å². The third-order valence-electron chi connectivity index (χ3n) is 8.78. The first-order valence-corrected chi connectivity index (χ1v) is 18.3. The molecule has 3 aromatic carbocycles. The molecule has 1 heterocycles. The highest BCUT2D eigenvalue weighted by Crippen LogP contribution is 2.40. The van der Waals surface area contributed by atoms with E-state index in [2.05, 4.69) is 59.0 Å². The second-order valence-electron chi connectivity index (χ2n) is 12.9. The van der Waals surface area contributed by atoms with Gasteiger partial charge in [0.05, 0.1) is 23.9 Å². The Morgan fingerprint density at radius 1 is 0.977 bits per heavy atom. The highest BCUT2D eigenvalue weighted by atomic mass is 28.4. The van der Waals surface area contributed by atoms with Gasteiger partial charge in [-0.2, -0.15) is 5.26 Å². The van der Waals surface area contributed by atoms with Crippen molar-refractivity contribution < 1.29 is 4.43 Å². The van der Waals surface area contributed by atoms with E-state index in [1.54, 1.807) is 4.57 Å². The molecule has 1 unspecified atom stereocenters. The smallest absolute Gasteiger partial charge is 0.257 e. The van der Waals surface area contributed by atoms with E-state index in [0.717, 1.165) is 47.2 Å². The van der Waals surface area contributed by atoms with E-state index in [4.69, 9.17) is 9.41 Å². The van der Waals surface area contributed by atoms with E-state index in [0.29, 0.717) is 29.9 Å². The molecule has 4 aromatic rings. The lowest BCUT2D eigenvalue weighted by atomic mass is 9.92. The quantitative estimate of drug-likeness (QED) is 0.164. The second-order valence-corrected chi connectivity index (χ2v) is 17.6. The van der Waals surface area contributed by atoms with E-state index in [-0.39, 0.29) is 16.7 Å². The summed E-state index contributed by atoms with van der Waals surface area (Å²) in [6.07, 6.45) is 2.75. The van der Waals surface area contributed by atoms with Gasteiger partial charge in [0.15, 0.2) is 8.32 Å². The Balaban J connectivity index is 1.82. The van der Waals surface area contributed by atoms with Crippen molar-refractivity contribution in [3.63, 3.8) is 0 Å². The molecule has 0 saturated carbocycles. The van der Waals surface area contributed by atoms with Gasteiger partial charge in [-0.05, 0) is 60.2 Å². The van der Waals surface area contributed by atoms with Gasteiger partial charge in [0.1, 0.15) is 11.9 Å². The average Bonchev–Trinajstić information content (AvgIpc) is 2.99. The minimum atomic E-state index is -2.17. The summed E-state index contributed by atoms with van der Waals surface area (Å²) in [6.45, 7) is 15.6. The first kappa shape index (κ1) is 32.1. The third-order valence-corrected chi connectivity index (χ3v) is 13.3. The van der Waals surface area contributed by atoms with Gasteiger partial charge in [-0.25, -0.2) is 4.98 Å². The Kier molecular flexibility index (Phi) is 10.2. The molecule has 5 nitrogen and oxygen atoms in total. The molecule has 0 spiro atoms. The van der Waals surface area contributed by atoms with Gasteiger partial charge in [-0.3, -0.25) is 9.36 Å². The van der Waals surface area contributed by atoms with Crippen LogP contribution in [0.15, 0.2) is 83.7 Å². The molecule has 43 heavy (non-hydrogen) atoms. The predicted octanol–water partition coefficient (Wildman–Crippen LogP) is 8.79. The van der Waals surface area contributed by atoms with Crippen LogP contribution in [0.4, 0.5) is 0 Å². The van der Waals surface area contributed by atoms with Gasteiger partial charge in [0.25, 0.3) is 5.56 Å². The number of hydrogen-bond acceptors (Lipinski definition) is 4. The molecule has 0 aliphatic rings. The summed E-state index contributed by atoms with van der Waals surface area (Å²) >= 11 is 0. The average molecular weight is 592 g/mol. The van der Waals surface area contributed by atoms with Crippen LogP contribution in [0.3, 0.4) is 0 Å². The largest absolute Gasteiger partial charge is 0.408 e. The Bertz CT molecular complexity index is 1630. The normalized spacial score (nSPS) is 12.6. The van der Waals surface area contributed by atoms with Gasteiger partial charge >= 0.3 is 0 Å². The van der Waals surface area contributed by atoms with Crippen molar-refractivity contribution in [2.75, 3.05) is 0 Å². The SMILES string of the molecule is CCCCc1nc(C)n(CC(O[Si](C)(C)C(C)(C)C)c2ccccc2)c(=O)c1Cc1cccc(-c2ccccc2)c1C#N. The highest BCUT2D eigenvalue weighted by molar-refractivity contribution is 6.74. The van der Waals surface area contributed by atoms with Crippen molar-refractivity contribution in [1.29, 1.82) is 5.26 Å². The van der Waals surface area contributed by atoms with E-state index < -0.39 is 8.32 Å². The molecule has 4 rings (SSSR count). The summed E-state index contributed by atoms with van der Waals surface area (Å²) in [4.78, 5) is 19.5. The van der Waals surface area contributed by atoms with E-state index >= 15 is 0 Å². The standard InChI is InChI=1S/C37H45N3O2Si/c1-8-9-23-34-32(24-30-21-16-22-31(33(30)25-38)28-17-12-10-13-18-28)36(41)40(27(2)39-34)26-35(29-19-14-11-15-20-29)42-43(6,7)37(3,4)5/h10-22,35H,8-9,23-24,26H2,1-7H3. The van der Waals surface area contributed by atoms with Crippen LogP contribution in [0.1, 0.15) is 80.4 Å². The van der Waals surface area contributed by atoms with Crippen molar-refractivity contribution in [3.8, 4) is 17.2 Å². The molecular weight excluding hydrogens is 547 g/mol. The van der Waals surface area contributed by atoms with E-state index in [9.17, 15) is 10.1 Å². The minimum Gasteiger partial charge on any atom is -0.408 e. The lowest BCUT2D eigenvalue weighted by molar-refractivity contribution is 0.160. The molecule has 0 radical (unpaired) electrons.